The molecule has 1 aromatic rings. The standard InChI is InChI=1S/C14H23N3OS/c1-5-19-7-6-10(2)17-14(18)12-9-16-11(3)8-13(12)15-4/h8-10H,5-7H2,1-4H3,(H,15,16)(H,17,18). The van der Waals surface area contributed by atoms with Gasteiger partial charge in [-0.05, 0) is 37.8 Å². The summed E-state index contributed by atoms with van der Waals surface area (Å²) in [5.74, 6) is 2.13. The Morgan fingerprint density at radius 3 is 2.89 bits per heavy atom. The fourth-order valence-electron chi connectivity index (χ4n) is 1.73. The highest BCUT2D eigenvalue weighted by atomic mass is 32.2. The van der Waals surface area contributed by atoms with E-state index >= 15 is 0 Å². The van der Waals surface area contributed by atoms with Gasteiger partial charge in [0, 0.05) is 25.0 Å². The number of rotatable bonds is 7. The van der Waals surface area contributed by atoms with Gasteiger partial charge in [-0.1, -0.05) is 6.92 Å². The van der Waals surface area contributed by atoms with Gasteiger partial charge in [-0.25, -0.2) is 0 Å². The van der Waals surface area contributed by atoms with Crippen molar-refractivity contribution in [2.45, 2.75) is 33.2 Å². The Labute approximate surface area is 119 Å². The summed E-state index contributed by atoms with van der Waals surface area (Å²) in [6.07, 6.45) is 2.61. The first-order valence-electron chi connectivity index (χ1n) is 6.61. The molecule has 0 saturated carbocycles. The predicted octanol–water partition coefficient (Wildman–Crippen LogP) is 2.69. The number of aryl methyl sites for hydroxylation is 1. The van der Waals surface area contributed by atoms with Crippen LogP contribution in [0.3, 0.4) is 0 Å². The summed E-state index contributed by atoms with van der Waals surface area (Å²) < 4.78 is 0. The summed E-state index contributed by atoms with van der Waals surface area (Å²) in [6, 6.07) is 2.06. The Kier molecular flexibility index (Phi) is 6.70. The molecule has 0 saturated heterocycles. The van der Waals surface area contributed by atoms with Gasteiger partial charge in [-0.2, -0.15) is 11.8 Å². The van der Waals surface area contributed by atoms with Crippen molar-refractivity contribution in [3.63, 3.8) is 0 Å². The molecule has 1 heterocycles. The maximum absolute atomic E-state index is 12.2. The number of amides is 1. The fourth-order valence-corrected chi connectivity index (χ4v) is 2.53. The number of thioether (sulfide) groups is 1. The molecule has 0 aliphatic rings. The zero-order valence-electron chi connectivity index (χ0n) is 12.1. The number of pyridine rings is 1. The van der Waals surface area contributed by atoms with Gasteiger partial charge in [-0.15, -0.1) is 0 Å². The molecule has 106 valence electrons. The van der Waals surface area contributed by atoms with Crippen LogP contribution >= 0.6 is 11.8 Å². The second-order valence-electron chi connectivity index (χ2n) is 4.48. The third-order valence-electron chi connectivity index (χ3n) is 2.83. The largest absolute Gasteiger partial charge is 0.387 e. The van der Waals surface area contributed by atoms with Crippen LogP contribution in [0.15, 0.2) is 12.3 Å². The lowest BCUT2D eigenvalue weighted by Crippen LogP contribution is -2.33. The summed E-state index contributed by atoms with van der Waals surface area (Å²) >= 11 is 1.89. The highest BCUT2D eigenvalue weighted by molar-refractivity contribution is 7.99. The highest BCUT2D eigenvalue weighted by Gasteiger charge is 2.13. The molecule has 0 bridgehead atoms. The normalized spacial score (nSPS) is 12.0. The topological polar surface area (TPSA) is 54.0 Å². The molecular formula is C14H23N3OS. The minimum absolute atomic E-state index is 0.0640. The van der Waals surface area contributed by atoms with E-state index in [0.29, 0.717) is 5.56 Å². The van der Waals surface area contributed by atoms with E-state index < -0.39 is 0 Å². The molecule has 2 N–H and O–H groups in total. The summed E-state index contributed by atoms with van der Waals surface area (Å²) in [5, 5.41) is 6.05. The molecule has 1 unspecified atom stereocenters. The molecule has 0 spiro atoms. The van der Waals surface area contributed by atoms with E-state index in [2.05, 4.69) is 22.5 Å². The zero-order chi connectivity index (χ0) is 14.3. The molecule has 1 aromatic heterocycles. The predicted molar refractivity (Wildman–Crippen MR) is 83.1 cm³/mol. The first-order valence-corrected chi connectivity index (χ1v) is 7.77. The van der Waals surface area contributed by atoms with Crippen LogP contribution in [0.25, 0.3) is 0 Å². The fraction of sp³-hybridized carbons (Fsp3) is 0.571. The van der Waals surface area contributed by atoms with Crippen LogP contribution in [0.2, 0.25) is 0 Å². The van der Waals surface area contributed by atoms with Gasteiger partial charge < -0.3 is 10.6 Å². The third kappa shape index (κ3) is 5.11. The first-order chi connectivity index (χ1) is 9.08. The average molecular weight is 281 g/mol. The smallest absolute Gasteiger partial charge is 0.255 e. The van der Waals surface area contributed by atoms with Crippen LogP contribution in [0.1, 0.15) is 36.3 Å². The van der Waals surface area contributed by atoms with Crippen LogP contribution < -0.4 is 10.6 Å². The Balaban J connectivity index is 2.62. The van der Waals surface area contributed by atoms with Gasteiger partial charge >= 0.3 is 0 Å². The Bertz CT molecular complexity index is 423. The SMILES string of the molecule is CCSCCC(C)NC(=O)c1cnc(C)cc1NC. The van der Waals surface area contributed by atoms with Crippen LogP contribution in [0.4, 0.5) is 5.69 Å². The number of nitrogens with one attached hydrogen (secondary N) is 2. The molecule has 4 nitrogen and oxygen atoms in total. The van der Waals surface area contributed by atoms with Crippen molar-refractivity contribution in [2.24, 2.45) is 0 Å². The molecular weight excluding hydrogens is 258 g/mol. The molecule has 1 atom stereocenters. The molecule has 0 aromatic carbocycles. The number of aromatic nitrogens is 1. The number of hydrogen-bond acceptors (Lipinski definition) is 4. The molecule has 1 amide bonds. The second kappa shape index (κ2) is 8.04. The van der Waals surface area contributed by atoms with Crippen molar-refractivity contribution in [3.8, 4) is 0 Å². The Morgan fingerprint density at radius 2 is 2.26 bits per heavy atom. The van der Waals surface area contributed by atoms with Crippen molar-refractivity contribution in [1.29, 1.82) is 0 Å². The number of carbonyl (C=O) groups is 1. The maximum atomic E-state index is 12.2. The van der Waals surface area contributed by atoms with E-state index in [0.717, 1.165) is 29.3 Å². The van der Waals surface area contributed by atoms with Crippen molar-refractivity contribution < 1.29 is 4.79 Å². The summed E-state index contributed by atoms with van der Waals surface area (Å²) in [6.45, 7) is 6.09. The summed E-state index contributed by atoms with van der Waals surface area (Å²) in [5.41, 5.74) is 2.32. The minimum atomic E-state index is -0.0640. The van der Waals surface area contributed by atoms with E-state index in [-0.39, 0.29) is 11.9 Å². The number of carbonyl (C=O) groups excluding carboxylic acids is 1. The minimum Gasteiger partial charge on any atom is -0.387 e. The quantitative estimate of drug-likeness (QED) is 0.755. The van der Waals surface area contributed by atoms with E-state index in [1.165, 1.54) is 0 Å². The lowest BCUT2D eigenvalue weighted by Gasteiger charge is -2.15. The first kappa shape index (κ1) is 15.8. The monoisotopic (exact) mass is 281 g/mol. The van der Waals surface area contributed by atoms with Crippen LogP contribution in [0, 0.1) is 6.92 Å². The number of anilines is 1. The summed E-state index contributed by atoms with van der Waals surface area (Å²) in [4.78, 5) is 16.4. The molecule has 1 rings (SSSR count). The van der Waals surface area contributed by atoms with E-state index in [9.17, 15) is 4.79 Å². The van der Waals surface area contributed by atoms with Crippen molar-refractivity contribution >= 4 is 23.4 Å². The van der Waals surface area contributed by atoms with E-state index in [1.54, 1.807) is 6.20 Å². The van der Waals surface area contributed by atoms with Crippen molar-refractivity contribution in [3.05, 3.63) is 23.5 Å². The second-order valence-corrected chi connectivity index (χ2v) is 5.88. The molecule has 0 aliphatic heterocycles. The molecule has 0 aliphatic carbocycles. The van der Waals surface area contributed by atoms with Crippen LogP contribution in [0.5, 0.6) is 0 Å². The van der Waals surface area contributed by atoms with Crippen LogP contribution in [-0.2, 0) is 0 Å². The van der Waals surface area contributed by atoms with E-state index in [1.807, 2.05) is 38.7 Å². The molecule has 19 heavy (non-hydrogen) atoms. The lowest BCUT2D eigenvalue weighted by atomic mass is 10.1. The van der Waals surface area contributed by atoms with Crippen molar-refractivity contribution in [1.82, 2.24) is 10.3 Å². The Morgan fingerprint density at radius 1 is 1.53 bits per heavy atom. The maximum Gasteiger partial charge on any atom is 0.255 e. The zero-order valence-corrected chi connectivity index (χ0v) is 12.9. The van der Waals surface area contributed by atoms with Crippen LogP contribution in [-0.4, -0.2) is 35.5 Å². The molecule has 5 heteroatoms. The van der Waals surface area contributed by atoms with Gasteiger partial charge in [0.05, 0.1) is 11.3 Å². The molecule has 0 radical (unpaired) electrons. The highest BCUT2D eigenvalue weighted by Crippen LogP contribution is 2.15. The number of nitrogens with zero attached hydrogens (tertiary/aromatic N) is 1. The van der Waals surface area contributed by atoms with Crippen molar-refractivity contribution in [2.75, 3.05) is 23.9 Å². The van der Waals surface area contributed by atoms with Gasteiger partial charge in [0.25, 0.3) is 5.91 Å². The summed E-state index contributed by atoms with van der Waals surface area (Å²) in [7, 11) is 1.81. The molecule has 0 fully saturated rings. The van der Waals surface area contributed by atoms with Gasteiger partial charge in [0.15, 0.2) is 0 Å². The lowest BCUT2D eigenvalue weighted by molar-refractivity contribution is 0.0940. The average Bonchev–Trinajstić information content (AvgIpc) is 2.38. The van der Waals surface area contributed by atoms with Gasteiger partial charge in [0.1, 0.15) is 0 Å². The third-order valence-corrected chi connectivity index (χ3v) is 3.76. The van der Waals surface area contributed by atoms with Gasteiger partial charge in [-0.3, -0.25) is 9.78 Å². The van der Waals surface area contributed by atoms with Gasteiger partial charge in [0.2, 0.25) is 0 Å². The number of hydrogen-bond donors (Lipinski definition) is 2. The van der Waals surface area contributed by atoms with E-state index in [4.69, 9.17) is 0 Å². The Hall–Kier alpha value is -1.23.